The first-order chi connectivity index (χ1) is 16.6. The van der Waals surface area contributed by atoms with E-state index in [1.807, 2.05) is 41.3 Å². The van der Waals surface area contributed by atoms with Gasteiger partial charge in [0.2, 0.25) is 0 Å². The lowest BCUT2D eigenvalue weighted by molar-refractivity contribution is 0.180. The van der Waals surface area contributed by atoms with Crippen LogP contribution in [0.4, 0.5) is 4.79 Å². The van der Waals surface area contributed by atoms with E-state index in [0.29, 0.717) is 13.1 Å². The second-order valence-corrected chi connectivity index (χ2v) is 9.39. The summed E-state index contributed by atoms with van der Waals surface area (Å²) in [5.41, 5.74) is 3.09. The average molecular weight is 460 g/mol. The quantitative estimate of drug-likeness (QED) is 0.445. The zero-order chi connectivity index (χ0) is 23.8. The van der Waals surface area contributed by atoms with Crippen LogP contribution >= 0.6 is 0 Å². The number of rotatable bonds is 9. The van der Waals surface area contributed by atoms with Crippen LogP contribution in [0.3, 0.4) is 0 Å². The van der Waals surface area contributed by atoms with E-state index in [4.69, 9.17) is 0 Å². The zero-order valence-electron chi connectivity index (χ0n) is 20.2. The number of aliphatic hydroxyl groups is 1. The van der Waals surface area contributed by atoms with Crippen LogP contribution in [0, 0.1) is 0 Å². The highest BCUT2D eigenvalue weighted by atomic mass is 16.3. The molecule has 1 aliphatic heterocycles. The summed E-state index contributed by atoms with van der Waals surface area (Å²) < 4.78 is 0. The predicted molar refractivity (Wildman–Crippen MR) is 139 cm³/mol. The summed E-state index contributed by atoms with van der Waals surface area (Å²) in [5.74, 6) is 0. The first kappa shape index (κ1) is 24.2. The molecule has 0 radical (unpaired) electrons. The molecule has 3 aromatic carbocycles. The third-order valence-corrected chi connectivity index (χ3v) is 6.85. The number of amides is 2. The highest BCUT2D eigenvalue weighted by Gasteiger charge is 2.19. The monoisotopic (exact) mass is 459 g/mol. The fourth-order valence-electron chi connectivity index (χ4n) is 4.87. The predicted octanol–water partition coefficient (Wildman–Crippen LogP) is 5.48. The van der Waals surface area contributed by atoms with Crippen LogP contribution in [0.15, 0.2) is 66.7 Å². The van der Waals surface area contributed by atoms with Crippen molar-refractivity contribution in [2.75, 3.05) is 26.2 Å². The molecular formula is C29H37N3O2. The van der Waals surface area contributed by atoms with Crippen molar-refractivity contribution in [1.29, 1.82) is 0 Å². The maximum Gasteiger partial charge on any atom is 0.318 e. The maximum atomic E-state index is 13.4. The van der Waals surface area contributed by atoms with Gasteiger partial charge in [-0.05, 0) is 73.3 Å². The second-order valence-electron chi connectivity index (χ2n) is 9.39. The zero-order valence-corrected chi connectivity index (χ0v) is 20.2. The van der Waals surface area contributed by atoms with Crippen molar-refractivity contribution in [3.05, 3.63) is 83.4 Å². The molecule has 3 aromatic rings. The van der Waals surface area contributed by atoms with Crippen molar-refractivity contribution in [3.63, 3.8) is 0 Å². The van der Waals surface area contributed by atoms with Gasteiger partial charge in [0.1, 0.15) is 0 Å². The van der Waals surface area contributed by atoms with Crippen LogP contribution in [-0.2, 0) is 13.2 Å². The number of benzene rings is 3. The van der Waals surface area contributed by atoms with E-state index < -0.39 is 0 Å². The Balaban J connectivity index is 1.44. The van der Waals surface area contributed by atoms with Crippen molar-refractivity contribution < 1.29 is 9.90 Å². The number of hydrogen-bond acceptors (Lipinski definition) is 3. The Labute approximate surface area is 203 Å². The molecule has 34 heavy (non-hydrogen) atoms. The van der Waals surface area contributed by atoms with Crippen LogP contribution in [0.25, 0.3) is 10.8 Å². The smallest absolute Gasteiger partial charge is 0.318 e. The normalized spacial score (nSPS) is 15.2. The first-order valence-electron chi connectivity index (χ1n) is 12.6. The summed E-state index contributed by atoms with van der Waals surface area (Å²) in [5, 5.41) is 15.0. The van der Waals surface area contributed by atoms with Gasteiger partial charge in [-0.2, -0.15) is 0 Å². The van der Waals surface area contributed by atoms with Gasteiger partial charge >= 0.3 is 6.03 Å². The lowest BCUT2D eigenvalue weighted by Crippen LogP contribution is -2.42. The number of carbonyl (C=O) groups excluding carboxylic acids is 1. The number of fused-ring (bicyclic) bond motifs is 1. The van der Waals surface area contributed by atoms with Crippen molar-refractivity contribution in [2.45, 2.75) is 51.8 Å². The molecule has 180 valence electrons. The van der Waals surface area contributed by atoms with E-state index in [0.717, 1.165) is 29.7 Å². The molecule has 0 saturated carbocycles. The number of nitrogens with one attached hydrogen (secondary N) is 1. The average Bonchev–Trinajstić information content (AvgIpc) is 2.88. The molecule has 4 rings (SSSR count). The molecule has 1 saturated heterocycles. The van der Waals surface area contributed by atoms with E-state index >= 15 is 0 Å². The van der Waals surface area contributed by atoms with Gasteiger partial charge in [0.25, 0.3) is 0 Å². The summed E-state index contributed by atoms with van der Waals surface area (Å²) in [7, 11) is 0. The van der Waals surface area contributed by atoms with Crippen molar-refractivity contribution >= 4 is 16.8 Å². The number of piperidine rings is 1. The number of likely N-dealkylation sites (tertiary alicyclic amines) is 1. The standard InChI is InChI=1S/C29H37N3O2/c1-23(27-12-7-10-26-9-3-4-11-28(26)27)30-29(34)32(20-8-19-31-17-5-2-6-18-31)21-24-13-15-25(22-33)16-14-24/h3-4,7,9-16,23,33H,2,5-6,8,17-22H2,1H3,(H,30,34)/t23-/m0/s1. The Bertz CT molecular complexity index is 1060. The third kappa shape index (κ3) is 6.37. The summed E-state index contributed by atoms with van der Waals surface area (Å²) in [6, 6.07) is 22.3. The maximum absolute atomic E-state index is 13.4. The molecule has 0 spiro atoms. The van der Waals surface area contributed by atoms with E-state index in [1.165, 1.54) is 43.1 Å². The molecule has 2 N–H and O–H groups in total. The molecule has 1 heterocycles. The lowest BCUT2D eigenvalue weighted by atomic mass is 10.00. The first-order valence-corrected chi connectivity index (χ1v) is 12.6. The Morgan fingerprint density at radius 2 is 1.68 bits per heavy atom. The second kappa shape index (κ2) is 12.0. The number of aliphatic hydroxyl groups excluding tert-OH is 1. The van der Waals surface area contributed by atoms with Gasteiger partial charge in [-0.15, -0.1) is 0 Å². The molecule has 5 nitrogen and oxygen atoms in total. The Morgan fingerprint density at radius 3 is 2.44 bits per heavy atom. The number of hydrogen-bond donors (Lipinski definition) is 2. The largest absolute Gasteiger partial charge is 0.392 e. The molecule has 0 unspecified atom stereocenters. The van der Waals surface area contributed by atoms with Crippen molar-refractivity contribution in [2.24, 2.45) is 0 Å². The van der Waals surface area contributed by atoms with Gasteiger partial charge in [-0.1, -0.05) is 73.2 Å². The number of urea groups is 1. The Hall–Kier alpha value is -2.89. The minimum atomic E-state index is -0.0973. The minimum absolute atomic E-state index is 0.0306. The molecule has 0 aromatic heterocycles. The molecule has 1 aliphatic rings. The van der Waals surface area contributed by atoms with E-state index in [2.05, 4.69) is 47.5 Å². The molecule has 0 aliphatic carbocycles. The van der Waals surface area contributed by atoms with Gasteiger partial charge < -0.3 is 20.2 Å². The molecule has 0 bridgehead atoms. The van der Waals surface area contributed by atoms with E-state index in [-0.39, 0.29) is 18.7 Å². The molecule has 1 atom stereocenters. The fourth-order valence-corrected chi connectivity index (χ4v) is 4.87. The van der Waals surface area contributed by atoms with E-state index in [9.17, 15) is 9.90 Å². The number of carbonyl (C=O) groups is 1. The van der Waals surface area contributed by atoms with Crippen LogP contribution in [0.1, 0.15) is 55.3 Å². The van der Waals surface area contributed by atoms with Crippen LogP contribution in [0.2, 0.25) is 0 Å². The van der Waals surface area contributed by atoms with Crippen molar-refractivity contribution in [3.8, 4) is 0 Å². The van der Waals surface area contributed by atoms with Crippen LogP contribution in [0.5, 0.6) is 0 Å². The topological polar surface area (TPSA) is 55.8 Å². The number of nitrogens with zero attached hydrogens (tertiary/aromatic N) is 2. The van der Waals surface area contributed by atoms with Crippen molar-refractivity contribution in [1.82, 2.24) is 15.1 Å². The molecular weight excluding hydrogens is 422 g/mol. The summed E-state index contributed by atoms with van der Waals surface area (Å²) >= 11 is 0. The van der Waals surface area contributed by atoms with Crippen LogP contribution < -0.4 is 5.32 Å². The van der Waals surface area contributed by atoms with Gasteiger partial charge in [0.05, 0.1) is 12.6 Å². The van der Waals surface area contributed by atoms with Gasteiger partial charge in [0, 0.05) is 13.1 Å². The van der Waals surface area contributed by atoms with Gasteiger partial charge in [-0.25, -0.2) is 4.79 Å². The van der Waals surface area contributed by atoms with Gasteiger partial charge in [-0.3, -0.25) is 0 Å². The van der Waals surface area contributed by atoms with E-state index in [1.54, 1.807) is 0 Å². The SMILES string of the molecule is C[C@H](NC(=O)N(CCCN1CCCCC1)Cc1ccc(CO)cc1)c1cccc2ccccc12. The summed E-state index contributed by atoms with van der Waals surface area (Å²) in [4.78, 5) is 17.9. The lowest BCUT2D eigenvalue weighted by Gasteiger charge is -2.29. The summed E-state index contributed by atoms with van der Waals surface area (Å²) in [6.45, 7) is 6.74. The third-order valence-electron chi connectivity index (χ3n) is 6.85. The molecule has 5 heteroatoms. The molecule has 1 fully saturated rings. The Morgan fingerprint density at radius 1 is 0.971 bits per heavy atom. The Kier molecular flexibility index (Phi) is 8.56. The highest BCUT2D eigenvalue weighted by Crippen LogP contribution is 2.24. The minimum Gasteiger partial charge on any atom is -0.392 e. The summed E-state index contributed by atoms with van der Waals surface area (Å²) in [6.07, 6.45) is 4.86. The molecule has 2 amide bonds. The van der Waals surface area contributed by atoms with Crippen LogP contribution in [-0.4, -0.2) is 47.1 Å². The fraction of sp³-hybridized carbons (Fsp3) is 0.414. The highest BCUT2D eigenvalue weighted by molar-refractivity contribution is 5.86. The van der Waals surface area contributed by atoms with Gasteiger partial charge in [0.15, 0.2) is 0 Å².